The predicted octanol–water partition coefficient (Wildman–Crippen LogP) is 3.86. The van der Waals surface area contributed by atoms with Gasteiger partial charge in [-0.05, 0) is 42.8 Å². The van der Waals surface area contributed by atoms with Gasteiger partial charge in [-0.3, -0.25) is 4.72 Å². The molecule has 1 N–H and O–H groups in total. The van der Waals surface area contributed by atoms with Crippen LogP contribution in [0.5, 0.6) is 5.88 Å². The summed E-state index contributed by atoms with van der Waals surface area (Å²) >= 11 is 0. The van der Waals surface area contributed by atoms with E-state index in [9.17, 15) is 17.2 Å². The van der Waals surface area contributed by atoms with Gasteiger partial charge in [0.25, 0.3) is 10.0 Å². The Morgan fingerprint density at radius 2 is 1.91 bits per heavy atom. The molecule has 4 rings (SSSR count). The molecule has 0 radical (unpaired) electrons. The summed E-state index contributed by atoms with van der Waals surface area (Å²) < 4.78 is 61.8. The predicted molar refractivity (Wildman–Crippen MR) is 115 cm³/mol. The Bertz CT molecular complexity index is 1500. The number of halogens is 2. The summed E-state index contributed by atoms with van der Waals surface area (Å²) in [6, 6.07) is 7.34. The van der Waals surface area contributed by atoms with E-state index in [1.54, 1.807) is 29.9 Å². The van der Waals surface area contributed by atoms with Crippen LogP contribution in [0, 0.1) is 23.5 Å². The molecule has 0 saturated heterocycles. The molecular formula is C22H16F2N4O3S. The minimum absolute atomic E-state index is 0.00400. The van der Waals surface area contributed by atoms with Gasteiger partial charge < -0.3 is 4.74 Å². The first kappa shape index (κ1) is 21.3. The van der Waals surface area contributed by atoms with Gasteiger partial charge in [0.1, 0.15) is 22.2 Å². The zero-order valence-electron chi connectivity index (χ0n) is 16.9. The topological polar surface area (TPSA) is 85.6 Å². The SMILES string of the molecule is CC#Cc1cnn2ccc(-c3cnc(OC)c(NS(=O)(=O)c4ccc(F)cc4F)c3)cc12. The Kier molecular flexibility index (Phi) is 5.50. The van der Waals surface area contributed by atoms with Gasteiger partial charge in [0.15, 0.2) is 0 Å². The normalized spacial score (nSPS) is 11.1. The number of rotatable bonds is 5. The lowest BCUT2D eigenvalue weighted by Gasteiger charge is -2.13. The van der Waals surface area contributed by atoms with Crippen LogP contribution in [0.4, 0.5) is 14.5 Å². The Hall–Kier alpha value is -3.97. The molecule has 3 aromatic heterocycles. The van der Waals surface area contributed by atoms with E-state index in [1.807, 2.05) is 6.07 Å². The van der Waals surface area contributed by atoms with Crippen LogP contribution in [0.3, 0.4) is 0 Å². The van der Waals surface area contributed by atoms with Crippen molar-refractivity contribution in [3.8, 4) is 28.8 Å². The summed E-state index contributed by atoms with van der Waals surface area (Å²) in [5.41, 5.74) is 2.80. The number of nitrogens with one attached hydrogen (secondary N) is 1. The van der Waals surface area contributed by atoms with Gasteiger partial charge >= 0.3 is 0 Å². The van der Waals surface area contributed by atoms with Crippen LogP contribution in [-0.4, -0.2) is 30.1 Å². The monoisotopic (exact) mass is 454 g/mol. The van der Waals surface area contributed by atoms with Crippen molar-refractivity contribution in [2.24, 2.45) is 0 Å². The molecule has 0 spiro atoms. The first-order chi connectivity index (χ1) is 15.3. The first-order valence-corrected chi connectivity index (χ1v) is 10.7. The van der Waals surface area contributed by atoms with Crippen molar-refractivity contribution in [2.45, 2.75) is 11.8 Å². The number of fused-ring (bicyclic) bond motifs is 1. The van der Waals surface area contributed by atoms with E-state index in [1.165, 1.54) is 19.4 Å². The van der Waals surface area contributed by atoms with E-state index in [2.05, 4.69) is 26.6 Å². The second-order valence-electron chi connectivity index (χ2n) is 6.64. The van der Waals surface area contributed by atoms with Crippen LogP contribution < -0.4 is 9.46 Å². The van der Waals surface area contributed by atoms with Gasteiger partial charge in [-0.15, -0.1) is 5.92 Å². The highest BCUT2D eigenvalue weighted by Crippen LogP contribution is 2.31. The first-order valence-electron chi connectivity index (χ1n) is 9.25. The number of hydrogen-bond acceptors (Lipinski definition) is 5. The Labute approximate surface area is 182 Å². The van der Waals surface area contributed by atoms with Crippen LogP contribution in [-0.2, 0) is 10.0 Å². The summed E-state index contributed by atoms with van der Waals surface area (Å²) in [7, 11) is -3.05. The number of nitrogens with zero attached hydrogens (tertiary/aromatic N) is 3. The molecule has 4 aromatic rings. The highest BCUT2D eigenvalue weighted by atomic mass is 32.2. The molecule has 0 atom stereocenters. The number of sulfonamides is 1. The lowest BCUT2D eigenvalue weighted by atomic mass is 10.1. The van der Waals surface area contributed by atoms with Gasteiger partial charge in [-0.25, -0.2) is 26.7 Å². The van der Waals surface area contributed by atoms with Crippen molar-refractivity contribution in [1.82, 2.24) is 14.6 Å². The third kappa shape index (κ3) is 3.98. The third-order valence-electron chi connectivity index (χ3n) is 4.59. The second kappa shape index (κ2) is 8.28. The summed E-state index contributed by atoms with van der Waals surface area (Å²) in [5.74, 6) is 3.70. The highest BCUT2D eigenvalue weighted by molar-refractivity contribution is 7.92. The molecule has 0 aliphatic rings. The molecule has 32 heavy (non-hydrogen) atoms. The maximum absolute atomic E-state index is 14.1. The molecule has 0 aliphatic carbocycles. The molecule has 162 valence electrons. The van der Waals surface area contributed by atoms with Crippen molar-refractivity contribution < 1.29 is 21.9 Å². The van der Waals surface area contributed by atoms with Crippen molar-refractivity contribution in [2.75, 3.05) is 11.8 Å². The average molecular weight is 454 g/mol. The van der Waals surface area contributed by atoms with Gasteiger partial charge in [0, 0.05) is 24.0 Å². The number of pyridine rings is 2. The molecule has 0 fully saturated rings. The van der Waals surface area contributed by atoms with Gasteiger partial charge in [-0.2, -0.15) is 5.10 Å². The number of methoxy groups -OCH3 is 1. The maximum atomic E-state index is 14.1. The Morgan fingerprint density at radius 1 is 1.09 bits per heavy atom. The quantitative estimate of drug-likeness (QED) is 0.463. The zero-order chi connectivity index (χ0) is 22.9. The standard InChI is InChI=1S/C22H16F2N4O3S/c1-3-4-15-13-26-28-8-7-14(10-20(15)28)16-9-19(22(31-2)25-12-16)27-32(29,30)21-6-5-17(23)11-18(21)24/h5-13,27H,1-2H3. The summed E-state index contributed by atoms with van der Waals surface area (Å²) in [4.78, 5) is 3.46. The van der Waals surface area contributed by atoms with Crippen LogP contribution in [0.25, 0.3) is 16.6 Å². The van der Waals surface area contributed by atoms with E-state index in [0.717, 1.165) is 28.8 Å². The number of hydrogen-bond donors (Lipinski definition) is 1. The minimum atomic E-state index is -4.38. The Balaban J connectivity index is 1.77. The average Bonchev–Trinajstić information content (AvgIpc) is 3.15. The van der Waals surface area contributed by atoms with Crippen molar-refractivity contribution >= 4 is 21.2 Å². The van der Waals surface area contributed by atoms with Crippen LogP contribution in [0.1, 0.15) is 12.5 Å². The van der Waals surface area contributed by atoms with Crippen LogP contribution >= 0.6 is 0 Å². The number of benzene rings is 1. The van der Waals surface area contributed by atoms with Crippen LogP contribution in [0.15, 0.2) is 59.9 Å². The number of aromatic nitrogens is 3. The fourth-order valence-electron chi connectivity index (χ4n) is 3.13. The van der Waals surface area contributed by atoms with Gasteiger partial charge in [-0.1, -0.05) is 5.92 Å². The zero-order valence-corrected chi connectivity index (χ0v) is 17.7. The van der Waals surface area contributed by atoms with E-state index in [-0.39, 0.29) is 11.6 Å². The molecular weight excluding hydrogens is 438 g/mol. The molecule has 0 saturated carbocycles. The molecule has 0 unspecified atom stereocenters. The minimum Gasteiger partial charge on any atom is -0.480 e. The lowest BCUT2D eigenvalue weighted by Crippen LogP contribution is -2.15. The maximum Gasteiger partial charge on any atom is 0.264 e. The fraction of sp³-hybridized carbons (Fsp3) is 0.0909. The number of anilines is 1. The highest BCUT2D eigenvalue weighted by Gasteiger charge is 2.22. The Morgan fingerprint density at radius 3 is 2.62 bits per heavy atom. The molecule has 7 nitrogen and oxygen atoms in total. The summed E-state index contributed by atoms with van der Waals surface area (Å²) in [6.07, 6.45) is 4.91. The second-order valence-corrected chi connectivity index (χ2v) is 8.29. The summed E-state index contributed by atoms with van der Waals surface area (Å²) in [5, 5.41) is 4.24. The van der Waals surface area contributed by atoms with E-state index in [4.69, 9.17) is 4.74 Å². The van der Waals surface area contributed by atoms with E-state index >= 15 is 0 Å². The molecule has 10 heteroatoms. The number of ether oxygens (including phenoxy) is 1. The molecule has 0 aliphatic heterocycles. The molecule has 0 bridgehead atoms. The van der Waals surface area contributed by atoms with Gasteiger partial charge in [0.2, 0.25) is 5.88 Å². The van der Waals surface area contributed by atoms with Crippen molar-refractivity contribution in [3.63, 3.8) is 0 Å². The van der Waals surface area contributed by atoms with Gasteiger partial charge in [0.05, 0.1) is 24.4 Å². The van der Waals surface area contributed by atoms with E-state index in [0.29, 0.717) is 11.6 Å². The fourth-order valence-corrected chi connectivity index (χ4v) is 4.24. The van der Waals surface area contributed by atoms with Crippen molar-refractivity contribution in [3.05, 3.63) is 72.2 Å². The molecule has 3 heterocycles. The van der Waals surface area contributed by atoms with Crippen molar-refractivity contribution in [1.29, 1.82) is 0 Å². The third-order valence-corrected chi connectivity index (χ3v) is 5.99. The summed E-state index contributed by atoms with van der Waals surface area (Å²) in [6.45, 7) is 1.73. The molecule has 0 amide bonds. The van der Waals surface area contributed by atoms with Crippen LogP contribution in [0.2, 0.25) is 0 Å². The largest absolute Gasteiger partial charge is 0.480 e. The smallest absolute Gasteiger partial charge is 0.264 e. The molecule has 1 aromatic carbocycles. The van der Waals surface area contributed by atoms with E-state index < -0.39 is 26.6 Å². The lowest BCUT2D eigenvalue weighted by molar-refractivity contribution is 0.400.